The highest BCUT2D eigenvalue weighted by Crippen LogP contribution is 2.24. The molecule has 0 aliphatic heterocycles. The number of hydrogen-bond donors (Lipinski definition) is 0. The number of halogens is 3. The van der Waals surface area contributed by atoms with Crippen molar-refractivity contribution in [2.24, 2.45) is 7.05 Å². The van der Waals surface area contributed by atoms with Gasteiger partial charge in [-0.25, -0.2) is 13.8 Å². The number of aryl methyl sites for hydroxylation is 1. The Hall–Kier alpha value is -0.970. The smallest absolute Gasteiger partial charge is 0.184 e. The molecule has 14 heavy (non-hydrogen) atoms. The molecule has 0 aliphatic rings. The summed E-state index contributed by atoms with van der Waals surface area (Å²) in [5.74, 6) is -1.68. The van der Waals surface area contributed by atoms with E-state index in [1.165, 1.54) is 17.0 Å². The molecule has 0 bridgehead atoms. The highest BCUT2D eigenvalue weighted by Gasteiger charge is 2.15. The fourth-order valence-electron chi connectivity index (χ4n) is 1.42. The summed E-state index contributed by atoms with van der Waals surface area (Å²) in [5, 5.41) is 0.456. The van der Waals surface area contributed by atoms with Crippen molar-refractivity contribution >= 4 is 27.0 Å². The second-order valence-electron chi connectivity index (χ2n) is 3.02. The number of aromatic nitrogens is 2. The summed E-state index contributed by atoms with van der Waals surface area (Å²) in [6.45, 7) is 0. The van der Waals surface area contributed by atoms with Crippen LogP contribution in [0.1, 0.15) is 5.56 Å². The maximum absolute atomic E-state index is 13.4. The maximum atomic E-state index is 13.4. The predicted octanol–water partition coefficient (Wildman–Crippen LogP) is 2.75. The van der Waals surface area contributed by atoms with Crippen LogP contribution in [0.25, 0.3) is 11.0 Å². The van der Waals surface area contributed by atoms with Crippen LogP contribution in [0.5, 0.6) is 0 Å². The van der Waals surface area contributed by atoms with Gasteiger partial charge in [0.2, 0.25) is 0 Å². The monoisotopic (exact) mass is 260 g/mol. The Bertz CT molecular complexity index is 493. The van der Waals surface area contributed by atoms with Crippen LogP contribution in [0.3, 0.4) is 0 Å². The van der Waals surface area contributed by atoms with E-state index in [2.05, 4.69) is 20.9 Å². The molecular formula is C9H7BrF2N2. The van der Waals surface area contributed by atoms with E-state index in [1.54, 1.807) is 7.05 Å². The van der Waals surface area contributed by atoms with Crippen LogP contribution in [0.4, 0.5) is 8.78 Å². The number of hydrogen-bond acceptors (Lipinski definition) is 1. The van der Waals surface area contributed by atoms with Crippen molar-refractivity contribution in [1.82, 2.24) is 9.55 Å². The molecule has 0 unspecified atom stereocenters. The van der Waals surface area contributed by atoms with E-state index in [4.69, 9.17) is 0 Å². The van der Waals surface area contributed by atoms with Gasteiger partial charge < -0.3 is 4.57 Å². The summed E-state index contributed by atoms with van der Waals surface area (Å²) < 4.78 is 27.9. The van der Waals surface area contributed by atoms with Gasteiger partial charge >= 0.3 is 0 Å². The van der Waals surface area contributed by atoms with Gasteiger partial charge in [0.1, 0.15) is 5.52 Å². The highest BCUT2D eigenvalue weighted by molar-refractivity contribution is 9.08. The van der Waals surface area contributed by atoms with Crippen molar-refractivity contribution < 1.29 is 8.78 Å². The molecule has 2 nitrogen and oxygen atoms in total. The number of fused-ring (bicyclic) bond motifs is 1. The van der Waals surface area contributed by atoms with Crippen molar-refractivity contribution in [2.75, 3.05) is 0 Å². The molecule has 0 saturated carbocycles. The quantitative estimate of drug-likeness (QED) is 0.722. The first-order valence-corrected chi connectivity index (χ1v) is 5.11. The SMILES string of the molecule is Cn1cnc2c(CBr)cc(F)c(F)c21. The average Bonchev–Trinajstić information content (AvgIpc) is 2.54. The Balaban J connectivity index is 2.92. The summed E-state index contributed by atoms with van der Waals surface area (Å²) in [6, 6.07) is 1.17. The number of nitrogens with zero attached hydrogens (tertiary/aromatic N) is 2. The van der Waals surface area contributed by atoms with Gasteiger partial charge in [0, 0.05) is 12.4 Å². The molecule has 2 aromatic rings. The van der Waals surface area contributed by atoms with Crippen LogP contribution in [-0.4, -0.2) is 9.55 Å². The zero-order chi connectivity index (χ0) is 10.3. The molecule has 1 aromatic heterocycles. The topological polar surface area (TPSA) is 17.8 Å². The van der Waals surface area contributed by atoms with Crippen LogP contribution >= 0.6 is 15.9 Å². The van der Waals surface area contributed by atoms with E-state index in [-0.39, 0.29) is 5.52 Å². The van der Waals surface area contributed by atoms with Crippen molar-refractivity contribution in [3.63, 3.8) is 0 Å². The minimum Gasteiger partial charge on any atom is -0.331 e. The van der Waals surface area contributed by atoms with Gasteiger partial charge in [-0.15, -0.1) is 0 Å². The zero-order valence-corrected chi connectivity index (χ0v) is 8.98. The molecule has 0 aliphatic carbocycles. The Morgan fingerprint density at radius 1 is 1.50 bits per heavy atom. The molecule has 74 valence electrons. The van der Waals surface area contributed by atoms with Gasteiger partial charge in [0.15, 0.2) is 11.6 Å². The first kappa shape index (κ1) is 9.58. The molecule has 2 rings (SSSR count). The van der Waals surface area contributed by atoms with Gasteiger partial charge in [-0.3, -0.25) is 0 Å². The number of rotatable bonds is 1. The lowest BCUT2D eigenvalue weighted by Crippen LogP contribution is -1.94. The maximum Gasteiger partial charge on any atom is 0.184 e. The normalized spacial score (nSPS) is 11.1. The van der Waals surface area contributed by atoms with Gasteiger partial charge in [0.05, 0.1) is 11.8 Å². The highest BCUT2D eigenvalue weighted by atomic mass is 79.9. The standard InChI is InChI=1S/C9H7BrF2N2/c1-14-4-13-8-5(3-10)2-6(11)7(12)9(8)14/h2,4H,3H2,1H3. The molecule has 0 amide bonds. The summed E-state index contributed by atoms with van der Waals surface area (Å²) in [6.07, 6.45) is 1.47. The number of alkyl halides is 1. The molecule has 5 heteroatoms. The van der Waals surface area contributed by atoms with Gasteiger partial charge in [-0.2, -0.15) is 0 Å². The molecule has 0 fully saturated rings. The second-order valence-corrected chi connectivity index (χ2v) is 3.58. The Morgan fingerprint density at radius 2 is 2.21 bits per heavy atom. The summed E-state index contributed by atoms with van der Waals surface area (Å²) >= 11 is 3.21. The summed E-state index contributed by atoms with van der Waals surface area (Å²) in [4.78, 5) is 4.02. The van der Waals surface area contributed by atoms with E-state index in [9.17, 15) is 8.78 Å². The van der Waals surface area contributed by atoms with E-state index in [0.29, 0.717) is 16.4 Å². The van der Waals surface area contributed by atoms with Gasteiger partial charge in [0.25, 0.3) is 0 Å². The predicted molar refractivity (Wildman–Crippen MR) is 53.3 cm³/mol. The van der Waals surface area contributed by atoms with E-state index in [0.717, 1.165) is 0 Å². The molecule has 0 N–H and O–H groups in total. The lowest BCUT2D eigenvalue weighted by atomic mass is 10.2. The zero-order valence-electron chi connectivity index (χ0n) is 7.39. The minimum atomic E-state index is -0.843. The fourth-order valence-corrected chi connectivity index (χ4v) is 1.85. The molecule has 1 aromatic carbocycles. The van der Waals surface area contributed by atoms with Crippen LogP contribution in [0, 0.1) is 11.6 Å². The number of benzene rings is 1. The fraction of sp³-hybridized carbons (Fsp3) is 0.222. The van der Waals surface area contributed by atoms with Crippen molar-refractivity contribution in [3.05, 3.63) is 29.6 Å². The van der Waals surface area contributed by atoms with Crippen LogP contribution < -0.4 is 0 Å². The molecule has 0 saturated heterocycles. The van der Waals surface area contributed by atoms with Crippen molar-refractivity contribution in [2.45, 2.75) is 5.33 Å². The van der Waals surface area contributed by atoms with Crippen molar-refractivity contribution in [1.29, 1.82) is 0 Å². The summed E-state index contributed by atoms with van der Waals surface area (Å²) in [7, 11) is 1.63. The van der Waals surface area contributed by atoms with Gasteiger partial charge in [-0.05, 0) is 11.6 Å². The number of imidazole rings is 1. The third kappa shape index (κ3) is 1.23. The lowest BCUT2D eigenvalue weighted by molar-refractivity contribution is 0.512. The first-order chi connectivity index (χ1) is 6.65. The average molecular weight is 261 g/mol. The van der Waals surface area contributed by atoms with Crippen LogP contribution in [0.15, 0.2) is 12.4 Å². The third-order valence-corrected chi connectivity index (χ3v) is 2.71. The van der Waals surface area contributed by atoms with Gasteiger partial charge in [-0.1, -0.05) is 15.9 Å². The molecule has 0 atom stereocenters. The lowest BCUT2D eigenvalue weighted by Gasteiger charge is -2.02. The third-order valence-electron chi connectivity index (χ3n) is 2.10. The summed E-state index contributed by atoms with van der Waals surface area (Å²) in [5.41, 5.74) is 1.36. The van der Waals surface area contributed by atoms with E-state index < -0.39 is 11.6 Å². The van der Waals surface area contributed by atoms with E-state index >= 15 is 0 Å². The largest absolute Gasteiger partial charge is 0.331 e. The van der Waals surface area contributed by atoms with Crippen LogP contribution in [-0.2, 0) is 12.4 Å². The Labute approximate surface area is 87.7 Å². The van der Waals surface area contributed by atoms with E-state index in [1.807, 2.05) is 0 Å². The second kappa shape index (κ2) is 3.31. The molecule has 0 radical (unpaired) electrons. The Morgan fingerprint density at radius 3 is 2.86 bits per heavy atom. The minimum absolute atomic E-state index is 0.208. The van der Waals surface area contributed by atoms with Crippen molar-refractivity contribution in [3.8, 4) is 0 Å². The molecule has 1 heterocycles. The first-order valence-electron chi connectivity index (χ1n) is 3.99. The van der Waals surface area contributed by atoms with Crippen LogP contribution in [0.2, 0.25) is 0 Å². The molecule has 0 spiro atoms. The molecular weight excluding hydrogens is 254 g/mol. The Kier molecular flexibility index (Phi) is 2.26.